The monoisotopic (exact) mass is 881 g/mol. The molecule has 0 rings (SSSR count). The van der Waals surface area contributed by atoms with Crippen LogP contribution in [0.3, 0.4) is 0 Å². The van der Waals surface area contributed by atoms with Crippen LogP contribution >= 0.6 is 0 Å². The van der Waals surface area contributed by atoms with Crippen molar-refractivity contribution >= 4 is 17.9 Å². The highest BCUT2D eigenvalue weighted by Crippen LogP contribution is 2.14. The first kappa shape index (κ1) is 60.1. The van der Waals surface area contributed by atoms with E-state index in [1.165, 1.54) is 122 Å². The minimum absolute atomic E-state index is 0.0857. The fraction of sp³-hybridized carbons (Fsp3) is 0.772. The number of unbranched alkanes of at least 4 members (excludes halogenated alkanes) is 27. The van der Waals surface area contributed by atoms with Crippen molar-refractivity contribution in [1.82, 2.24) is 0 Å². The lowest BCUT2D eigenvalue weighted by atomic mass is 10.1. The van der Waals surface area contributed by atoms with Crippen LogP contribution in [0.15, 0.2) is 60.8 Å². The minimum atomic E-state index is -0.787. The van der Waals surface area contributed by atoms with Gasteiger partial charge in [0.25, 0.3) is 0 Å². The van der Waals surface area contributed by atoms with Gasteiger partial charge in [0, 0.05) is 19.3 Å². The summed E-state index contributed by atoms with van der Waals surface area (Å²) >= 11 is 0. The Balaban J connectivity index is 4.40. The van der Waals surface area contributed by atoms with Crippen molar-refractivity contribution in [3.05, 3.63) is 60.8 Å². The third kappa shape index (κ3) is 50.0. The lowest BCUT2D eigenvalue weighted by Crippen LogP contribution is -2.30. The van der Waals surface area contributed by atoms with E-state index in [0.29, 0.717) is 19.3 Å². The van der Waals surface area contributed by atoms with E-state index in [9.17, 15) is 14.4 Å². The van der Waals surface area contributed by atoms with Gasteiger partial charge in [-0.2, -0.15) is 0 Å². The van der Waals surface area contributed by atoms with Crippen molar-refractivity contribution in [2.45, 2.75) is 271 Å². The van der Waals surface area contributed by atoms with Gasteiger partial charge in [0.2, 0.25) is 0 Å². The fourth-order valence-electron chi connectivity index (χ4n) is 7.45. The molecule has 0 saturated heterocycles. The molecule has 63 heavy (non-hydrogen) atoms. The van der Waals surface area contributed by atoms with E-state index in [1.807, 2.05) is 0 Å². The molecule has 0 fully saturated rings. The van der Waals surface area contributed by atoms with Gasteiger partial charge in [0.1, 0.15) is 13.2 Å². The van der Waals surface area contributed by atoms with E-state index in [1.54, 1.807) is 0 Å². The molecule has 1 atom stereocenters. The molecular weight excluding hydrogens is 781 g/mol. The zero-order chi connectivity index (χ0) is 45.8. The highest BCUT2D eigenvalue weighted by atomic mass is 16.6. The van der Waals surface area contributed by atoms with Crippen molar-refractivity contribution in [3.63, 3.8) is 0 Å². The Kier molecular flexibility index (Phi) is 49.4. The summed E-state index contributed by atoms with van der Waals surface area (Å²) in [6.07, 6.45) is 63.4. The maximum atomic E-state index is 12.8. The molecule has 0 bridgehead atoms. The van der Waals surface area contributed by atoms with Gasteiger partial charge in [-0.1, -0.05) is 204 Å². The van der Waals surface area contributed by atoms with Crippen LogP contribution in [0.5, 0.6) is 0 Å². The maximum absolute atomic E-state index is 12.8. The average molecular weight is 881 g/mol. The molecule has 0 aromatic rings. The number of rotatable bonds is 48. The highest BCUT2D eigenvalue weighted by molar-refractivity contribution is 5.71. The molecule has 0 aliphatic rings. The molecule has 0 aromatic heterocycles. The molecule has 6 nitrogen and oxygen atoms in total. The summed E-state index contributed by atoms with van der Waals surface area (Å²) < 4.78 is 16.8. The van der Waals surface area contributed by atoms with E-state index in [-0.39, 0.29) is 31.1 Å². The molecule has 0 unspecified atom stereocenters. The Bertz CT molecular complexity index is 1150. The second kappa shape index (κ2) is 51.7. The predicted octanol–water partition coefficient (Wildman–Crippen LogP) is 17.6. The van der Waals surface area contributed by atoms with Gasteiger partial charge in [-0.15, -0.1) is 0 Å². The second-order valence-electron chi connectivity index (χ2n) is 17.7. The largest absolute Gasteiger partial charge is 0.462 e. The van der Waals surface area contributed by atoms with Crippen LogP contribution in [0.1, 0.15) is 265 Å². The van der Waals surface area contributed by atoms with Crippen LogP contribution in [0.4, 0.5) is 0 Å². The summed E-state index contributed by atoms with van der Waals surface area (Å²) in [5, 5.41) is 0. The third-order valence-electron chi connectivity index (χ3n) is 11.5. The van der Waals surface area contributed by atoms with Crippen molar-refractivity contribution in [2.75, 3.05) is 13.2 Å². The van der Waals surface area contributed by atoms with Crippen molar-refractivity contribution in [3.8, 4) is 0 Å². The summed E-state index contributed by atoms with van der Waals surface area (Å²) in [7, 11) is 0. The summed E-state index contributed by atoms with van der Waals surface area (Å²) in [6.45, 7) is 6.49. The predicted molar refractivity (Wildman–Crippen MR) is 270 cm³/mol. The number of allylic oxidation sites excluding steroid dienone is 10. The quantitative estimate of drug-likeness (QED) is 0.0262. The first-order valence-corrected chi connectivity index (χ1v) is 26.8. The summed E-state index contributed by atoms with van der Waals surface area (Å²) in [5.74, 6) is -0.910. The average Bonchev–Trinajstić information content (AvgIpc) is 3.28. The smallest absolute Gasteiger partial charge is 0.306 e. The zero-order valence-electron chi connectivity index (χ0n) is 41.6. The van der Waals surface area contributed by atoms with E-state index in [0.717, 1.165) is 103 Å². The van der Waals surface area contributed by atoms with Crippen molar-refractivity contribution in [2.24, 2.45) is 0 Å². The fourth-order valence-corrected chi connectivity index (χ4v) is 7.45. The number of ether oxygens (including phenoxy) is 3. The molecule has 0 heterocycles. The van der Waals surface area contributed by atoms with Crippen LogP contribution < -0.4 is 0 Å². The molecule has 0 N–H and O–H groups in total. The maximum Gasteiger partial charge on any atom is 0.306 e. The topological polar surface area (TPSA) is 78.9 Å². The van der Waals surface area contributed by atoms with E-state index in [2.05, 4.69) is 81.5 Å². The summed E-state index contributed by atoms with van der Waals surface area (Å²) in [4.78, 5) is 38.0. The van der Waals surface area contributed by atoms with Gasteiger partial charge < -0.3 is 14.2 Å². The minimum Gasteiger partial charge on any atom is -0.462 e. The number of hydrogen-bond acceptors (Lipinski definition) is 6. The number of carbonyl (C=O) groups is 3. The zero-order valence-corrected chi connectivity index (χ0v) is 41.6. The van der Waals surface area contributed by atoms with Gasteiger partial charge in [-0.25, -0.2) is 0 Å². The number of carbonyl (C=O) groups excluding carboxylic acids is 3. The Morgan fingerprint density at radius 1 is 0.333 bits per heavy atom. The molecule has 0 saturated carbocycles. The standard InChI is InChI=1S/C57H100O6/c1-4-7-10-13-16-19-22-25-27-28-30-32-35-38-41-44-47-50-56(59)62-53-54(52-61-55(58)49-46-43-40-37-34-31-24-21-18-15-12-9-6-3)63-57(60)51-48-45-42-39-36-33-29-26-23-20-17-14-11-8-5-2/h8,11,17,20-21,24-27,29,54H,4-7,9-10,12-16,18-19,22-23,28,30-53H2,1-3H3/b11-8+,20-17+,24-21+,27-25+,29-26+/t54-/m1/s1. The van der Waals surface area contributed by atoms with Crippen LogP contribution in [0, 0.1) is 0 Å². The van der Waals surface area contributed by atoms with Gasteiger partial charge in [0.15, 0.2) is 6.10 Å². The summed E-state index contributed by atoms with van der Waals surface area (Å²) in [6, 6.07) is 0. The van der Waals surface area contributed by atoms with E-state index < -0.39 is 6.10 Å². The van der Waals surface area contributed by atoms with Crippen LogP contribution in [-0.4, -0.2) is 37.2 Å². The lowest BCUT2D eigenvalue weighted by Gasteiger charge is -2.18. The Morgan fingerprint density at radius 3 is 1.00 bits per heavy atom. The third-order valence-corrected chi connectivity index (χ3v) is 11.5. The Hall–Kier alpha value is -2.89. The molecule has 0 spiro atoms. The second-order valence-corrected chi connectivity index (χ2v) is 17.7. The van der Waals surface area contributed by atoms with Gasteiger partial charge >= 0.3 is 17.9 Å². The molecule has 0 amide bonds. The number of hydrogen-bond donors (Lipinski definition) is 0. The van der Waals surface area contributed by atoms with Crippen LogP contribution in [0.2, 0.25) is 0 Å². The molecule has 0 radical (unpaired) electrons. The first-order chi connectivity index (χ1) is 31.0. The SMILES string of the molecule is CC/C=C/C/C=C/C/C=C/CCCCCCCC(=O)O[C@H](COC(=O)CCCCCCC/C=C/CCCCCC)COC(=O)CCCCCCCCC/C=C/CCCCCCCC. The van der Waals surface area contributed by atoms with Gasteiger partial charge in [-0.3, -0.25) is 14.4 Å². The van der Waals surface area contributed by atoms with Crippen LogP contribution in [-0.2, 0) is 28.6 Å². The van der Waals surface area contributed by atoms with Crippen molar-refractivity contribution < 1.29 is 28.6 Å². The van der Waals surface area contributed by atoms with Gasteiger partial charge in [-0.05, 0) is 103 Å². The first-order valence-electron chi connectivity index (χ1n) is 26.8. The molecule has 0 aliphatic carbocycles. The van der Waals surface area contributed by atoms with Gasteiger partial charge in [0.05, 0.1) is 0 Å². The normalized spacial score (nSPS) is 12.5. The molecule has 0 aliphatic heterocycles. The molecule has 364 valence electrons. The highest BCUT2D eigenvalue weighted by Gasteiger charge is 2.19. The van der Waals surface area contributed by atoms with E-state index in [4.69, 9.17) is 14.2 Å². The van der Waals surface area contributed by atoms with Crippen LogP contribution in [0.25, 0.3) is 0 Å². The molecular formula is C57H100O6. The Labute approximate surface area is 390 Å². The molecule has 0 aromatic carbocycles. The van der Waals surface area contributed by atoms with Crippen molar-refractivity contribution in [1.29, 1.82) is 0 Å². The number of esters is 3. The lowest BCUT2D eigenvalue weighted by molar-refractivity contribution is -0.167. The summed E-state index contributed by atoms with van der Waals surface area (Å²) in [5.41, 5.74) is 0. The molecule has 6 heteroatoms. The van der Waals surface area contributed by atoms with E-state index >= 15 is 0 Å². The Morgan fingerprint density at radius 2 is 0.619 bits per heavy atom.